The van der Waals surface area contributed by atoms with E-state index in [4.69, 9.17) is 5.73 Å². The summed E-state index contributed by atoms with van der Waals surface area (Å²) in [4.78, 5) is 4.47. The average molecular weight is 303 g/mol. The lowest BCUT2D eigenvalue weighted by atomic mass is 9.93. The van der Waals surface area contributed by atoms with Gasteiger partial charge in [0.05, 0.1) is 5.56 Å². The first-order valence-electron chi connectivity index (χ1n) is 6.95. The first kappa shape index (κ1) is 14.7. The van der Waals surface area contributed by atoms with Gasteiger partial charge in [0.25, 0.3) is 0 Å². The van der Waals surface area contributed by atoms with Crippen LogP contribution in [0.2, 0.25) is 0 Å². The normalized spacial score (nSPS) is 30.4. The third-order valence-electron chi connectivity index (χ3n) is 4.42. The van der Waals surface area contributed by atoms with Crippen molar-refractivity contribution < 1.29 is 17.6 Å². The van der Waals surface area contributed by atoms with Gasteiger partial charge in [-0.05, 0) is 17.7 Å². The van der Waals surface area contributed by atoms with E-state index in [0.29, 0.717) is 5.56 Å². The molecule has 3 saturated heterocycles. The second kappa shape index (κ2) is 5.23. The minimum atomic E-state index is -4.70. The van der Waals surface area contributed by atoms with Crippen LogP contribution in [0, 0.1) is 5.82 Å². The van der Waals surface area contributed by atoms with Crippen molar-refractivity contribution in [3.63, 3.8) is 0 Å². The minimum absolute atomic E-state index is 0.0148. The van der Waals surface area contributed by atoms with Crippen molar-refractivity contribution in [1.29, 1.82) is 0 Å². The highest BCUT2D eigenvalue weighted by Gasteiger charge is 2.38. The van der Waals surface area contributed by atoms with Gasteiger partial charge in [-0.1, -0.05) is 6.07 Å². The van der Waals surface area contributed by atoms with E-state index in [-0.39, 0.29) is 6.04 Å². The van der Waals surface area contributed by atoms with Gasteiger partial charge in [0, 0.05) is 44.8 Å². The standard InChI is InChI=1S/C14H17F4N3/c15-11-2-1-9(7-10(11)14(16,17)18)13(19)12-8-20-3-5-21(12)6-4-20/h1-2,7,12-13H,3-6,8,19H2. The molecule has 0 spiro atoms. The van der Waals surface area contributed by atoms with Crippen LogP contribution >= 0.6 is 0 Å². The van der Waals surface area contributed by atoms with Gasteiger partial charge in [0.1, 0.15) is 5.82 Å². The molecule has 1 aromatic carbocycles. The monoisotopic (exact) mass is 303 g/mol. The summed E-state index contributed by atoms with van der Waals surface area (Å²) < 4.78 is 51.7. The minimum Gasteiger partial charge on any atom is -0.323 e. The maximum atomic E-state index is 13.3. The molecule has 3 aliphatic rings. The van der Waals surface area contributed by atoms with E-state index in [1.807, 2.05) is 0 Å². The molecule has 2 unspecified atom stereocenters. The molecule has 0 radical (unpaired) electrons. The van der Waals surface area contributed by atoms with Crippen molar-refractivity contribution in [3.05, 3.63) is 35.1 Å². The van der Waals surface area contributed by atoms with Crippen LogP contribution in [0.5, 0.6) is 0 Å². The highest BCUT2D eigenvalue weighted by atomic mass is 19.4. The number of piperazine rings is 3. The Hall–Kier alpha value is -1.18. The van der Waals surface area contributed by atoms with E-state index in [9.17, 15) is 17.6 Å². The van der Waals surface area contributed by atoms with E-state index >= 15 is 0 Å². The molecule has 0 saturated carbocycles. The number of hydrogen-bond acceptors (Lipinski definition) is 3. The SMILES string of the molecule is NC(c1ccc(F)c(C(F)(F)F)c1)C1CN2CCN1CC2. The summed E-state index contributed by atoms with van der Waals surface area (Å²) in [5, 5.41) is 0. The third kappa shape index (κ3) is 2.77. The Bertz CT molecular complexity index is 523. The number of rotatable bonds is 2. The molecule has 2 bridgehead atoms. The third-order valence-corrected chi connectivity index (χ3v) is 4.42. The zero-order valence-corrected chi connectivity index (χ0v) is 11.4. The van der Waals surface area contributed by atoms with E-state index < -0.39 is 23.6 Å². The van der Waals surface area contributed by atoms with E-state index in [0.717, 1.165) is 44.9 Å². The van der Waals surface area contributed by atoms with E-state index in [1.165, 1.54) is 6.07 Å². The number of nitrogens with two attached hydrogens (primary N) is 1. The Morgan fingerprint density at radius 1 is 1.14 bits per heavy atom. The molecule has 3 nitrogen and oxygen atoms in total. The first-order chi connectivity index (χ1) is 9.86. The molecule has 2 N–H and O–H groups in total. The number of nitrogens with zero attached hydrogens (tertiary/aromatic N) is 2. The Morgan fingerprint density at radius 3 is 2.33 bits per heavy atom. The Balaban J connectivity index is 1.86. The molecule has 0 aliphatic carbocycles. The van der Waals surface area contributed by atoms with Crippen LogP contribution in [0.1, 0.15) is 17.2 Å². The Labute approximate surface area is 120 Å². The summed E-state index contributed by atoms with van der Waals surface area (Å²) in [6.07, 6.45) is -4.70. The maximum absolute atomic E-state index is 13.3. The highest BCUT2D eigenvalue weighted by molar-refractivity contribution is 5.30. The smallest absolute Gasteiger partial charge is 0.323 e. The number of fused-ring (bicyclic) bond motifs is 3. The summed E-state index contributed by atoms with van der Waals surface area (Å²) in [6, 6.07) is 2.50. The lowest BCUT2D eigenvalue weighted by Gasteiger charge is -2.49. The van der Waals surface area contributed by atoms with Gasteiger partial charge >= 0.3 is 6.18 Å². The van der Waals surface area contributed by atoms with Gasteiger partial charge in [0.15, 0.2) is 0 Å². The lowest BCUT2D eigenvalue weighted by Crippen LogP contribution is -2.63. The number of alkyl halides is 3. The van der Waals surface area contributed by atoms with Gasteiger partial charge in [-0.15, -0.1) is 0 Å². The quantitative estimate of drug-likeness (QED) is 0.846. The van der Waals surface area contributed by atoms with Crippen LogP contribution in [0.15, 0.2) is 18.2 Å². The highest BCUT2D eigenvalue weighted by Crippen LogP contribution is 2.34. The molecule has 3 aliphatic heterocycles. The molecule has 7 heteroatoms. The zero-order chi connectivity index (χ0) is 15.2. The molecule has 3 fully saturated rings. The van der Waals surface area contributed by atoms with Crippen LogP contribution in [-0.2, 0) is 6.18 Å². The van der Waals surface area contributed by atoms with Crippen molar-refractivity contribution in [1.82, 2.24) is 9.80 Å². The molecule has 0 aromatic heterocycles. The topological polar surface area (TPSA) is 32.5 Å². The molecule has 0 amide bonds. The molecule has 2 atom stereocenters. The zero-order valence-electron chi connectivity index (χ0n) is 11.4. The predicted octanol–water partition coefficient (Wildman–Crippen LogP) is 1.84. The van der Waals surface area contributed by atoms with Crippen molar-refractivity contribution >= 4 is 0 Å². The summed E-state index contributed by atoms with van der Waals surface area (Å²) >= 11 is 0. The first-order valence-corrected chi connectivity index (χ1v) is 6.95. The second-order valence-electron chi connectivity index (χ2n) is 5.67. The molecule has 21 heavy (non-hydrogen) atoms. The fourth-order valence-corrected chi connectivity index (χ4v) is 3.19. The summed E-state index contributed by atoms with van der Waals surface area (Å²) in [7, 11) is 0. The van der Waals surface area contributed by atoms with Crippen molar-refractivity contribution in [2.45, 2.75) is 18.3 Å². The molecule has 3 heterocycles. The summed E-state index contributed by atoms with van der Waals surface area (Å²) in [6.45, 7) is 4.46. The average Bonchev–Trinajstić information content (AvgIpc) is 2.47. The lowest BCUT2D eigenvalue weighted by molar-refractivity contribution is -0.140. The Kier molecular flexibility index (Phi) is 3.67. The molecule has 1 aromatic rings. The van der Waals surface area contributed by atoms with Gasteiger partial charge in [0.2, 0.25) is 0 Å². The molecule has 4 rings (SSSR count). The molecular weight excluding hydrogens is 286 g/mol. The van der Waals surface area contributed by atoms with Crippen molar-refractivity contribution in [2.24, 2.45) is 5.73 Å². The fourth-order valence-electron chi connectivity index (χ4n) is 3.19. The predicted molar refractivity (Wildman–Crippen MR) is 70.1 cm³/mol. The van der Waals surface area contributed by atoms with Crippen LogP contribution < -0.4 is 5.73 Å². The van der Waals surface area contributed by atoms with Crippen molar-refractivity contribution in [2.75, 3.05) is 32.7 Å². The Morgan fingerprint density at radius 2 is 1.81 bits per heavy atom. The summed E-state index contributed by atoms with van der Waals surface area (Å²) in [5.74, 6) is -1.26. The number of benzene rings is 1. The van der Waals surface area contributed by atoms with Crippen LogP contribution in [0.25, 0.3) is 0 Å². The summed E-state index contributed by atoms with van der Waals surface area (Å²) in [5.41, 5.74) is 5.25. The van der Waals surface area contributed by atoms with Gasteiger partial charge in [-0.3, -0.25) is 9.80 Å². The largest absolute Gasteiger partial charge is 0.419 e. The van der Waals surface area contributed by atoms with Crippen LogP contribution in [-0.4, -0.2) is 48.6 Å². The van der Waals surface area contributed by atoms with Gasteiger partial charge in [-0.2, -0.15) is 13.2 Å². The van der Waals surface area contributed by atoms with Crippen LogP contribution in [0.4, 0.5) is 17.6 Å². The van der Waals surface area contributed by atoms with E-state index in [1.54, 1.807) is 0 Å². The molecular formula is C14H17F4N3. The fraction of sp³-hybridized carbons (Fsp3) is 0.571. The van der Waals surface area contributed by atoms with E-state index in [2.05, 4.69) is 9.80 Å². The number of halogens is 4. The van der Waals surface area contributed by atoms with Gasteiger partial charge in [-0.25, -0.2) is 4.39 Å². The van der Waals surface area contributed by atoms with Crippen molar-refractivity contribution in [3.8, 4) is 0 Å². The van der Waals surface area contributed by atoms with Gasteiger partial charge < -0.3 is 5.73 Å². The molecule has 116 valence electrons. The number of hydrogen-bond donors (Lipinski definition) is 1. The van der Waals surface area contributed by atoms with Crippen LogP contribution in [0.3, 0.4) is 0 Å². The maximum Gasteiger partial charge on any atom is 0.419 e. The second-order valence-corrected chi connectivity index (χ2v) is 5.67.